The number of nitrogens with two attached hydrogens (primary N) is 1. The molecule has 1 rings (SSSR count). The number of halogens is 1. The fourth-order valence-electron chi connectivity index (χ4n) is 0.914. The normalized spacial score (nSPS) is 10.3. The van der Waals surface area contributed by atoms with Gasteiger partial charge in [-0.2, -0.15) is 0 Å². The minimum absolute atomic E-state index is 0.155. The Kier molecular flexibility index (Phi) is 3.06. The van der Waals surface area contributed by atoms with E-state index in [1.807, 2.05) is 0 Å². The molecule has 1 amide bonds. The molecular weight excluding hydrogens is 183 g/mol. The van der Waals surface area contributed by atoms with Crippen molar-refractivity contribution in [2.45, 2.75) is 13.8 Å². The lowest BCUT2D eigenvalue weighted by Crippen LogP contribution is -2.18. The fourth-order valence-corrected chi connectivity index (χ4v) is 0.914. The first-order valence-electron chi connectivity index (χ1n) is 4.36. The predicted octanol–water partition coefficient (Wildman–Crippen LogP) is 2.00. The van der Waals surface area contributed by atoms with Gasteiger partial charge in [0.05, 0.1) is 11.4 Å². The highest BCUT2D eigenvalue weighted by Crippen LogP contribution is 2.19. The smallest absolute Gasteiger partial charge is 0.226 e. The van der Waals surface area contributed by atoms with Crippen LogP contribution in [-0.4, -0.2) is 5.91 Å². The van der Waals surface area contributed by atoms with E-state index in [0.29, 0.717) is 11.4 Å². The second-order valence-electron chi connectivity index (χ2n) is 3.38. The van der Waals surface area contributed by atoms with Crippen LogP contribution in [0, 0.1) is 11.7 Å². The zero-order valence-electron chi connectivity index (χ0n) is 8.17. The first kappa shape index (κ1) is 10.5. The van der Waals surface area contributed by atoms with Gasteiger partial charge in [-0.15, -0.1) is 0 Å². The van der Waals surface area contributed by atoms with Gasteiger partial charge in [0.25, 0.3) is 0 Å². The van der Waals surface area contributed by atoms with E-state index in [0.717, 1.165) is 0 Å². The van der Waals surface area contributed by atoms with E-state index in [1.54, 1.807) is 13.8 Å². The number of hydrogen-bond donors (Lipinski definition) is 2. The molecule has 0 unspecified atom stereocenters. The first-order chi connectivity index (χ1) is 6.50. The van der Waals surface area contributed by atoms with Gasteiger partial charge in [-0.25, -0.2) is 4.39 Å². The largest absolute Gasteiger partial charge is 0.397 e. The number of rotatable bonds is 2. The maximum Gasteiger partial charge on any atom is 0.226 e. The third-order valence-corrected chi connectivity index (χ3v) is 1.80. The zero-order chi connectivity index (χ0) is 10.7. The summed E-state index contributed by atoms with van der Waals surface area (Å²) in [5, 5.41) is 2.55. The molecular formula is C10H13FN2O. The van der Waals surface area contributed by atoms with E-state index in [1.165, 1.54) is 18.2 Å². The van der Waals surface area contributed by atoms with E-state index >= 15 is 0 Å². The van der Waals surface area contributed by atoms with Gasteiger partial charge in [0.15, 0.2) is 0 Å². The van der Waals surface area contributed by atoms with Crippen LogP contribution in [0.5, 0.6) is 0 Å². The van der Waals surface area contributed by atoms with Gasteiger partial charge < -0.3 is 11.1 Å². The third-order valence-electron chi connectivity index (χ3n) is 1.80. The number of nitrogens with one attached hydrogen (secondary N) is 1. The average Bonchev–Trinajstić information content (AvgIpc) is 2.11. The maximum absolute atomic E-state index is 12.8. The SMILES string of the molecule is CC(C)C(=O)Nc1cc(F)ccc1N. The molecule has 0 saturated carbocycles. The lowest BCUT2D eigenvalue weighted by molar-refractivity contribution is -0.118. The van der Waals surface area contributed by atoms with Gasteiger partial charge in [0.1, 0.15) is 5.82 Å². The summed E-state index contributed by atoms with van der Waals surface area (Å²) in [5.74, 6) is -0.752. The number of nitrogen functional groups attached to an aromatic ring is 1. The van der Waals surface area contributed by atoms with Crippen LogP contribution in [0.3, 0.4) is 0 Å². The molecule has 0 bridgehead atoms. The lowest BCUT2D eigenvalue weighted by Gasteiger charge is -2.09. The molecule has 0 saturated heterocycles. The highest BCUT2D eigenvalue weighted by Gasteiger charge is 2.09. The molecule has 0 atom stereocenters. The topological polar surface area (TPSA) is 55.1 Å². The lowest BCUT2D eigenvalue weighted by atomic mass is 10.2. The van der Waals surface area contributed by atoms with Gasteiger partial charge >= 0.3 is 0 Å². The number of hydrogen-bond acceptors (Lipinski definition) is 2. The Morgan fingerprint density at radius 3 is 2.71 bits per heavy atom. The second-order valence-corrected chi connectivity index (χ2v) is 3.38. The van der Waals surface area contributed by atoms with Crippen LogP contribution in [0.4, 0.5) is 15.8 Å². The quantitative estimate of drug-likeness (QED) is 0.711. The molecule has 1 aromatic rings. The van der Waals surface area contributed by atoms with Crippen molar-refractivity contribution < 1.29 is 9.18 Å². The van der Waals surface area contributed by atoms with E-state index in [4.69, 9.17) is 5.73 Å². The molecule has 0 spiro atoms. The van der Waals surface area contributed by atoms with Crippen LogP contribution in [0.1, 0.15) is 13.8 Å². The van der Waals surface area contributed by atoms with Crippen molar-refractivity contribution in [1.82, 2.24) is 0 Å². The highest BCUT2D eigenvalue weighted by molar-refractivity contribution is 5.94. The summed E-state index contributed by atoms with van der Waals surface area (Å²) in [6.07, 6.45) is 0. The van der Waals surface area contributed by atoms with E-state index < -0.39 is 5.82 Å². The maximum atomic E-state index is 12.8. The Balaban J connectivity index is 2.86. The molecule has 0 heterocycles. The summed E-state index contributed by atoms with van der Waals surface area (Å²) in [5.41, 5.74) is 6.24. The van der Waals surface area contributed by atoms with Gasteiger partial charge in [0.2, 0.25) is 5.91 Å². The zero-order valence-corrected chi connectivity index (χ0v) is 8.17. The van der Waals surface area contributed by atoms with E-state index in [-0.39, 0.29) is 11.8 Å². The summed E-state index contributed by atoms with van der Waals surface area (Å²) in [6, 6.07) is 3.88. The summed E-state index contributed by atoms with van der Waals surface area (Å²) in [6.45, 7) is 3.51. The Morgan fingerprint density at radius 2 is 2.14 bits per heavy atom. The standard InChI is InChI=1S/C10H13FN2O/c1-6(2)10(14)13-9-5-7(11)3-4-8(9)12/h3-6H,12H2,1-2H3,(H,13,14). The molecule has 14 heavy (non-hydrogen) atoms. The van der Waals surface area contributed by atoms with Gasteiger partial charge in [-0.3, -0.25) is 4.79 Å². The first-order valence-corrected chi connectivity index (χ1v) is 4.36. The molecule has 0 aliphatic rings. The summed E-state index contributed by atoms with van der Waals surface area (Å²) < 4.78 is 12.8. The third kappa shape index (κ3) is 2.45. The monoisotopic (exact) mass is 196 g/mol. The Morgan fingerprint density at radius 1 is 1.50 bits per heavy atom. The van der Waals surface area contributed by atoms with Crippen molar-refractivity contribution >= 4 is 17.3 Å². The van der Waals surface area contributed by atoms with Crippen LogP contribution in [-0.2, 0) is 4.79 Å². The number of carbonyl (C=O) groups excluding carboxylic acids is 1. The number of anilines is 2. The molecule has 4 heteroatoms. The Labute approximate surface area is 82.1 Å². The molecule has 76 valence electrons. The minimum Gasteiger partial charge on any atom is -0.397 e. The molecule has 0 aliphatic heterocycles. The van der Waals surface area contributed by atoms with Crippen LogP contribution in [0.15, 0.2) is 18.2 Å². The van der Waals surface area contributed by atoms with Crippen molar-refractivity contribution in [3.05, 3.63) is 24.0 Å². The van der Waals surface area contributed by atoms with Crippen molar-refractivity contribution in [2.24, 2.45) is 5.92 Å². The van der Waals surface area contributed by atoms with Gasteiger partial charge in [-0.05, 0) is 18.2 Å². The van der Waals surface area contributed by atoms with Crippen molar-refractivity contribution in [3.63, 3.8) is 0 Å². The van der Waals surface area contributed by atoms with Crippen LogP contribution >= 0.6 is 0 Å². The molecule has 3 N–H and O–H groups in total. The molecule has 0 radical (unpaired) electrons. The molecule has 3 nitrogen and oxygen atoms in total. The number of benzene rings is 1. The summed E-state index contributed by atoms with van der Waals surface area (Å²) in [7, 11) is 0. The van der Waals surface area contributed by atoms with E-state index in [9.17, 15) is 9.18 Å². The number of carbonyl (C=O) groups is 1. The van der Waals surface area contributed by atoms with Crippen molar-refractivity contribution in [3.8, 4) is 0 Å². The Bertz CT molecular complexity index is 350. The van der Waals surface area contributed by atoms with Crippen molar-refractivity contribution in [1.29, 1.82) is 0 Å². The summed E-state index contributed by atoms with van der Waals surface area (Å²) in [4.78, 5) is 11.3. The second kappa shape index (κ2) is 4.09. The summed E-state index contributed by atoms with van der Waals surface area (Å²) >= 11 is 0. The van der Waals surface area contributed by atoms with E-state index in [2.05, 4.69) is 5.32 Å². The minimum atomic E-state index is -0.418. The van der Waals surface area contributed by atoms with Crippen LogP contribution in [0.25, 0.3) is 0 Å². The predicted molar refractivity (Wildman–Crippen MR) is 54.3 cm³/mol. The van der Waals surface area contributed by atoms with Crippen molar-refractivity contribution in [2.75, 3.05) is 11.1 Å². The molecule has 1 aromatic carbocycles. The number of amides is 1. The van der Waals surface area contributed by atoms with Gasteiger partial charge in [-0.1, -0.05) is 13.8 Å². The fraction of sp³-hybridized carbons (Fsp3) is 0.300. The van der Waals surface area contributed by atoms with Crippen LogP contribution < -0.4 is 11.1 Å². The highest BCUT2D eigenvalue weighted by atomic mass is 19.1. The molecule has 0 aromatic heterocycles. The molecule has 0 aliphatic carbocycles. The van der Waals surface area contributed by atoms with Gasteiger partial charge in [0, 0.05) is 5.92 Å². The van der Waals surface area contributed by atoms with Crippen LogP contribution in [0.2, 0.25) is 0 Å². The molecule has 0 fully saturated rings. The Hall–Kier alpha value is -1.58. The average molecular weight is 196 g/mol.